The Bertz CT molecular complexity index is 1100. The summed E-state index contributed by atoms with van der Waals surface area (Å²) in [5.41, 5.74) is 1.31. The molecule has 0 saturated carbocycles. The van der Waals surface area contributed by atoms with Gasteiger partial charge in [0.1, 0.15) is 10.7 Å². The maximum atomic E-state index is 14.2. The zero-order valence-corrected chi connectivity index (χ0v) is 14.0. The van der Waals surface area contributed by atoms with Gasteiger partial charge in [-0.1, -0.05) is 11.3 Å². The van der Waals surface area contributed by atoms with Crippen LogP contribution < -0.4 is 10.9 Å². The van der Waals surface area contributed by atoms with Crippen molar-refractivity contribution in [3.63, 3.8) is 0 Å². The molecule has 0 unspecified atom stereocenters. The largest absolute Gasteiger partial charge is 0.379 e. The van der Waals surface area contributed by atoms with E-state index in [1.807, 2.05) is 6.92 Å². The number of nitrogens with zero attached hydrogens (tertiary/aromatic N) is 5. The quantitative estimate of drug-likeness (QED) is 0.608. The highest BCUT2D eigenvalue weighted by molar-refractivity contribution is 7.16. The Kier molecular flexibility index (Phi) is 3.77. The predicted molar refractivity (Wildman–Crippen MR) is 92.7 cm³/mol. The summed E-state index contributed by atoms with van der Waals surface area (Å²) in [6, 6.07) is 7.94. The minimum atomic E-state index is -0.393. The predicted octanol–water partition coefficient (Wildman–Crippen LogP) is 2.40. The first-order chi connectivity index (χ1) is 12.1. The lowest BCUT2D eigenvalue weighted by atomic mass is 10.2. The Morgan fingerprint density at radius 3 is 2.96 bits per heavy atom. The molecule has 0 aliphatic carbocycles. The van der Waals surface area contributed by atoms with Crippen molar-refractivity contribution in [3.8, 4) is 5.69 Å². The summed E-state index contributed by atoms with van der Waals surface area (Å²) in [4.78, 5) is 17.0. The van der Waals surface area contributed by atoms with Gasteiger partial charge < -0.3 is 5.32 Å². The zero-order chi connectivity index (χ0) is 17.4. The van der Waals surface area contributed by atoms with Gasteiger partial charge in [-0.2, -0.15) is 14.7 Å². The van der Waals surface area contributed by atoms with E-state index in [2.05, 4.69) is 20.5 Å². The molecule has 0 saturated heterocycles. The van der Waals surface area contributed by atoms with Crippen molar-refractivity contribution in [1.82, 2.24) is 24.4 Å². The Morgan fingerprint density at radius 2 is 2.20 bits per heavy atom. The Labute approximate surface area is 145 Å². The second-order valence-corrected chi connectivity index (χ2v) is 6.53. The van der Waals surface area contributed by atoms with E-state index in [1.165, 1.54) is 32.7 Å². The van der Waals surface area contributed by atoms with Gasteiger partial charge in [-0.3, -0.25) is 4.79 Å². The molecule has 0 spiro atoms. The molecule has 0 aliphatic heterocycles. The van der Waals surface area contributed by atoms with Crippen molar-refractivity contribution in [3.05, 3.63) is 69.6 Å². The Balaban J connectivity index is 1.55. The number of fused-ring (bicyclic) bond motifs is 1. The molecule has 1 aromatic carbocycles. The topological polar surface area (TPSA) is 77.1 Å². The van der Waals surface area contributed by atoms with Crippen LogP contribution in [0.5, 0.6) is 0 Å². The van der Waals surface area contributed by atoms with Gasteiger partial charge in [0.25, 0.3) is 5.56 Å². The SMILES string of the molecule is Cc1nn2c(=O)cc(CNc3ccc(-n4cccn4)c(F)c3)nc2s1. The normalized spacial score (nSPS) is 11.1. The Hall–Kier alpha value is -3.07. The lowest BCUT2D eigenvalue weighted by Gasteiger charge is -2.08. The molecule has 25 heavy (non-hydrogen) atoms. The van der Waals surface area contributed by atoms with Crippen molar-refractivity contribution in [2.75, 3.05) is 5.32 Å². The molecule has 0 radical (unpaired) electrons. The van der Waals surface area contributed by atoms with E-state index in [4.69, 9.17) is 0 Å². The standard InChI is InChI=1S/C16H13FN6OS/c1-10-21-23-15(24)8-12(20-16(23)25-10)9-18-11-3-4-14(13(17)7-11)22-6-2-5-19-22/h2-8,18H,9H2,1H3. The molecule has 1 N–H and O–H groups in total. The summed E-state index contributed by atoms with van der Waals surface area (Å²) >= 11 is 1.35. The van der Waals surface area contributed by atoms with Gasteiger partial charge in [0.05, 0.1) is 12.2 Å². The minimum Gasteiger partial charge on any atom is -0.379 e. The van der Waals surface area contributed by atoms with Crippen LogP contribution in [-0.4, -0.2) is 24.4 Å². The number of anilines is 1. The van der Waals surface area contributed by atoms with Gasteiger partial charge in [0.15, 0.2) is 5.82 Å². The van der Waals surface area contributed by atoms with E-state index in [9.17, 15) is 9.18 Å². The molecule has 4 rings (SSSR count). The molecule has 126 valence electrons. The van der Waals surface area contributed by atoms with Crippen LogP contribution in [0.2, 0.25) is 0 Å². The monoisotopic (exact) mass is 356 g/mol. The van der Waals surface area contributed by atoms with Crippen LogP contribution in [0.25, 0.3) is 10.6 Å². The molecule has 0 amide bonds. The van der Waals surface area contributed by atoms with Crippen molar-refractivity contribution >= 4 is 22.0 Å². The fourth-order valence-corrected chi connectivity index (χ4v) is 3.22. The summed E-state index contributed by atoms with van der Waals surface area (Å²) < 4.78 is 17.0. The third-order valence-corrected chi connectivity index (χ3v) is 4.40. The molecule has 4 aromatic rings. The third kappa shape index (κ3) is 3.01. The number of aromatic nitrogens is 5. The number of halogens is 1. The number of hydrogen-bond acceptors (Lipinski definition) is 6. The molecule has 0 fully saturated rings. The average molecular weight is 356 g/mol. The molecule has 0 aliphatic rings. The van der Waals surface area contributed by atoms with Gasteiger partial charge >= 0.3 is 0 Å². The number of rotatable bonds is 4. The summed E-state index contributed by atoms with van der Waals surface area (Å²) in [5, 5.41) is 12.0. The van der Waals surface area contributed by atoms with Crippen LogP contribution in [0.3, 0.4) is 0 Å². The van der Waals surface area contributed by atoms with Gasteiger partial charge in [-0.05, 0) is 31.2 Å². The van der Waals surface area contributed by atoms with Crippen molar-refractivity contribution in [2.45, 2.75) is 13.5 Å². The van der Waals surface area contributed by atoms with E-state index in [0.29, 0.717) is 28.6 Å². The number of nitrogens with one attached hydrogen (secondary N) is 1. The lowest BCUT2D eigenvalue weighted by molar-refractivity contribution is 0.611. The second kappa shape index (κ2) is 6.10. The van der Waals surface area contributed by atoms with Crippen LogP contribution in [-0.2, 0) is 6.54 Å². The molecular formula is C16H13FN6OS. The van der Waals surface area contributed by atoms with E-state index in [-0.39, 0.29) is 5.56 Å². The molecule has 0 atom stereocenters. The van der Waals surface area contributed by atoms with Crippen LogP contribution >= 0.6 is 11.3 Å². The molecule has 3 aromatic heterocycles. The highest BCUT2D eigenvalue weighted by Crippen LogP contribution is 2.18. The fraction of sp³-hybridized carbons (Fsp3) is 0.125. The average Bonchev–Trinajstić information content (AvgIpc) is 3.22. The zero-order valence-electron chi connectivity index (χ0n) is 13.2. The fourth-order valence-electron chi connectivity index (χ4n) is 2.45. The Morgan fingerprint density at radius 1 is 1.32 bits per heavy atom. The van der Waals surface area contributed by atoms with Crippen molar-refractivity contribution in [2.24, 2.45) is 0 Å². The lowest BCUT2D eigenvalue weighted by Crippen LogP contribution is -2.16. The van der Waals surface area contributed by atoms with Gasteiger partial charge in [-0.15, -0.1) is 0 Å². The van der Waals surface area contributed by atoms with E-state index >= 15 is 0 Å². The molecule has 9 heteroatoms. The summed E-state index contributed by atoms with van der Waals surface area (Å²) in [7, 11) is 0. The summed E-state index contributed by atoms with van der Waals surface area (Å²) in [6.45, 7) is 2.13. The van der Waals surface area contributed by atoms with Gasteiger partial charge in [-0.25, -0.2) is 14.1 Å². The molecule has 0 bridgehead atoms. The minimum absolute atomic E-state index is 0.230. The number of hydrogen-bond donors (Lipinski definition) is 1. The first-order valence-electron chi connectivity index (χ1n) is 7.50. The van der Waals surface area contributed by atoms with Crippen LogP contribution in [0.4, 0.5) is 10.1 Å². The highest BCUT2D eigenvalue weighted by Gasteiger charge is 2.08. The third-order valence-electron chi connectivity index (χ3n) is 3.57. The maximum absolute atomic E-state index is 14.2. The van der Waals surface area contributed by atoms with Crippen LogP contribution in [0.1, 0.15) is 10.7 Å². The molecule has 3 heterocycles. The number of aryl methyl sites for hydroxylation is 1. The first kappa shape index (κ1) is 15.5. The van der Waals surface area contributed by atoms with Crippen molar-refractivity contribution < 1.29 is 4.39 Å². The van der Waals surface area contributed by atoms with Crippen molar-refractivity contribution in [1.29, 1.82) is 0 Å². The summed E-state index contributed by atoms with van der Waals surface area (Å²) in [5.74, 6) is -0.393. The van der Waals surface area contributed by atoms with Crippen LogP contribution in [0, 0.1) is 12.7 Å². The molecular weight excluding hydrogens is 343 g/mol. The smallest absolute Gasteiger partial charge is 0.275 e. The molecule has 7 nitrogen and oxygen atoms in total. The van der Waals surface area contributed by atoms with E-state index in [1.54, 1.807) is 30.6 Å². The van der Waals surface area contributed by atoms with E-state index < -0.39 is 5.82 Å². The summed E-state index contributed by atoms with van der Waals surface area (Å²) in [6.07, 6.45) is 3.27. The van der Waals surface area contributed by atoms with Crippen LogP contribution in [0.15, 0.2) is 47.5 Å². The second-order valence-electron chi connectivity index (χ2n) is 5.37. The van der Waals surface area contributed by atoms with Gasteiger partial charge in [0, 0.05) is 24.1 Å². The number of benzene rings is 1. The first-order valence-corrected chi connectivity index (χ1v) is 8.32. The van der Waals surface area contributed by atoms with E-state index in [0.717, 1.165) is 5.01 Å². The van der Waals surface area contributed by atoms with Gasteiger partial charge in [0.2, 0.25) is 4.96 Å². The highest BCUT2D eigenvalue weighted by atomic mass is 32.1. The maximum Gasteiger partial charge on any atom is 0.275 e.